The molecule has 12 heavy (non-hydrogen) atoms. The van der Waals surface area contributed by atoms with Crippen LogP contribution < -0.4 is 10.6 Å². The third kappa shape index (κ3) is 4.04. The molecule has 0 aliphatic carbocycles. The average molecular weight is 174 g/mol. The normalized spacial score (nSPS) is 18.8. The lowest BCUT2D eigenvalue weighted by Gasteiger charge is -2.30. The summed E-state index contributed by atoms with van der Waals surface area (Å²) in [6.45, 7) is 7.68. The zero-order valence-electron chi connectivity index (χ0n) is 8.65. The van der Waals surface area contributed by atoms with E-state index < -0.39 is 5.60 Å². The van der Waals surface area contributed by atoms with Crippen LogP contribution in [0.15, 0.2) is 0 Å². The zero-order chi connectivity index (χ0) is 9.61. The molecule has 0 saturated carbocycles. The number of rotatable bonds is 6. The quantitative estimate of drug-likeness (QED) is 0.544. The molecule has 3 heteroatoms. The summed E-state index contributed by atoms with van der Waals surface area (Å²) in [5.41, 5.74) is -0.612. The molecule has 3 nitrogen and oxygen atoms in total. The summed E-state index contributed by atoms with van der Waals surface area (Å²) >= 11 is 0. The standard InChI is InChI=1S/C9H22N2O/c1-5-11-8(2)9(3,12)6-7-10-4/h8,10-12H,5-7H2,1-4H3. The van der Waals surface area contributed by atoms with Gasteiger partial charge in [0.15, 0.2) is 0 Å². The fourth-order valence-corrected chi connectivity index (χ4v) is 1.12. The molecular formula is C9H22N2O. The van der Waals surface area contributed by atoms with Crippen molar-refractivity contribution in [2.75, 3.05) is 20.1 Å². The summed E-state index contributed by atoms with van der Waals surface area (Å²) in [5.74, 6) is 0. The summed E-state index contributed by atoms with van der Waals surface area (Å²) < 4.78 is 0. The summed E-state index contributed by atoms with van der Waals surface area (Å²) in [6, 6.07) is 0.149. The van der Waals surface area contributed by atoms with E-state index >= 15 is 0 Å². The highest BCUT2D eigenvalue weighted by molar-refractivity contribution is 4.84. The number of nitrogens with one attached hydrogen (secondary N) is 2. The van der Waals surface area contributed by atoms with Crippen molar-refractivity contribution in [2.24, 2.45) is 0 Å². The van der Waals surface area contributed by atoms with Crippen LogP contribution in [0.5, 0.6) is 0 Å². The minimum atomic E-state index is -0.612. The second-order valence-electron chi connectivity index (χ2n) is 3.49. The molecule has 0 saturated heterocycles. The van der Waals surface area contributed by atoms with Gasteiger partial charge in [-0.25, -0.2) is 0 Å². The second-order valence-corrected chi connectivity index (χ2v) is 3.49. The Bertz CT molecular complexity index is 115. The van der Waals surface area contributed by atoms with E-state index in [1.165, 1.54) is 0 Å². The Labute approximate surface area is 75.6 Å². The van der Waals surface area contributed by atoms with E-state index in [-0.39, 0.29) is 6.04 Å². The lowest BCUT2D eigenvalue weighted by atomic mass is 9.94. The number of likely N-dealkylation sites (N-methyl/N-ethyl adjacent to an activating group) is 1. The lowest BCUT2D eigenvalue weighted by Crippen LogP contribution is -2.48. The molecule has 2 unspecified atom stereocenters. The van der Waals surface area contributed by atoms with Crippen LogP contribution in [-0.4, -0.2) is 36.9 Å². The molecule has 0 rings (SSSR count). The van der Waals surface area contributed by atoms with Crippen molar-refractivity contribution in [1.82, 2.24) is 10.6 Å². The summed E-state index contributed by atoms with van der Waals surface area (Å²) in [4.78, 5) is 0. The van der Waals surface area contributed by atoms with Crippen molar-refractivity contribution in [1.29, 1.82) is 0 Å². The smallest absolute Gasteiger partial charge is 0.0781 e. The van der Waals surface area contributed by atoms with Crippen molar-refractivity contribution >= 4 is 0 Å². The van der Waals surface area contributed by atoms with Gasteiger partial charge in [0.05, 0.1) is 5.60 Å². The largest absolute Gasteiger partial charge is 0.389 e. The molecule has 0 heterocycles. The lowest BCUT2D eigenvalue weighted by molar-refractivity contribution is 0.0187. The highest BCUT2D eigenvalue weighted by Crippen LogP contribution is 2.13. The first-order chi connectivity index (χ1) is 5.54. The summed E-state index contributed by atoms with van der Waals surface area (Å²) in [6.07, 6.45) is 0.775. The van der Waals surface area contributed by atoms with Crippen molar-refractivity contribution in [3.63, 3.8) is 0 Å². The molecule has 0 aromatic rings. The van der Waals surface area contributed by atoms with Gasteiger partial charge in [-0.05, 0) is 40.4 Å². The first-order valence-electron chi connectivity index (χ1n) is 4.65. The maximum Gasteiger partial charge on any atom is 0.0781 e. The highest BCUT2D eigenvalue weighted by atomic mass is 16.3. The van der Waals surface area contributed by atoms with Crippen LogP contribution in [0.25, 0.3) is 0 Å². The molecule has 0 radical (unpaired) electrons. The third-order valence-electron chi connectivity index (χ3n) is 2.32. The van der Waals surface area contributed by atoms with Crippen molar-refractivity contribution < 1.29 is 5.11 Å². The van der Waals surface area contributed by atoms with E-state index in [0.717, 1.165) is 19.5 Å². The second kappa shape index (κ2) is 5.51. The average Bonchev–Trinajstić information content (AvgIpc) is 2.01. The van der Waals surface area contributed by atoms with Gasteiger partial charge in [0.2, 0.25) is 0 Å². The molecule has 0 aliphatic rings. The van der Waals surface area contributed by atoms with Crippen LogP contribution >= 0.6 is 0 Å². The Morgan fingerprint density at radius 1 is 1.50 bits per heavy atom. The van der Waals surface area contributed by atoms with E-state index in [2.05, 4.69) is 10.6 Å². The Morgan fingerprint density at radius 2 is 2.08 bits per heavy atom. The molecule has 0 aliphatic heterocycles. The number of hydrogen-bond acceptors (Lipinski definition) is 3. The van der Waals surface area contributed by atoms with Crippen molar-refractivity contribution in [2.45, 2.75) is 38.8 Å². The fourth-order valence-electron chi connectivity index (χ4n) is 1.12. The van der Waals surface area contributed by atoms with E-state index in [0.29, 0.717) is 0 Å². The molecule has 0 bridgehead atoms. The molecule has 0 spiro atoms. The van der Waals surface area contributed by atoms with Crippen LogP contribution in [0.2, 0.25) is 0 Å². The molecule has 0 aromatic heterocycles. The Morgan fingerprint density at radius 3 is 2.50 bits per heavy atom. The molecular weight excluding hydrogens is 152 g/mol. The molecule has 74 valence electrons. The van der Waals surface area contributed by atoms with E-state index in [9.17, 15) is 5.11 Å². The van der Waals surface area contributed by atoms with Crippen molar-refractivity contribution in [3.8, 4) is 0 Å². The SMILES string of the molecule is CCNC(C)C(C)(O)CCNC. The van der Waals surface area contributed by atoms with Gasteiger partial charge in [-0.15, -0.1) is 0 Å². The monoisotopic (exact) mass is 174 g/mol. The van der Waals surface area contributed by atoms with E-state index in [1.54, 1.807) is 0 Å². The van der Waals surface area contributed by atoms with Gasteiger partial charge in [-0.2, -0.15) is 0 Å². The maximum atomic E-state index is 9.94. The maximum absolute atomic E-state index is 9.94. The van der Waals surface area contributed by atoms with Crippen LogP contribution in [0.4, 0.5) is 0 Å². The zero-order valence-corrected chi connectivity index (χ0v) is 8.65. The molecule has 0 aromatic carbocycles. The van der Waals surface area contributed by atoms with E-state index in [4.69, 9.17) is 0 Å². The minimum absolute atomic E-state index is 0.149. The fraction of sp³-hybridized carbons (Fsp3) is 1.00. The summed E-state index contributed by atoms with van der Waals surface area (Å²) in [5, 5.41) is 16.2. The minimum Gasteiger partial charge on any atom is -0.389 e. The number of hydrogen-bond donors (Lipinski definition) is 3. The first kappa shape index (κ1) is 11.9. The Kier molecular flexibility index (Phi) is 5.46. The van der Waals surface area contributed by atoms with Crippen LogP contribution in [-0.2, 0) is 0 Å². The molecule has 0 fully saturated rings. The van der Waals surface area contributed by atoms with Gasteiger partial charge in [0, 0.05) is 6.04 Å². The van der Waals surface area contributed by atoms with Gasteiger partial charge in [0.1, 0.15) is 0 Å². The summed E-state index contributed by atoms with van der Waals surface area (Å²) in [7, 11) is 1.90. The van der Waals surface area contributed by atoms with E-state index in [1.807, 2.05) is 27.8 Å². The Hall–Kier alpha value is -0.120. The molecule has 3 N–H and O–H groups in total. The van der Waals surface area contributed by atoms with Gasteiger partial charge >= 0.3 is 0 Å². The first-order valence-corrected chi connectivity index (χ1v) is 4.65. The number of aliphatic hydroxyl groups is 1. The van der Waals surface area contributed by atoms with Crippen LogP contribution in [0.1, 0.15) is 27.2 Å². The third-order valence-corrected chi connectivity index (χ3v) is 2.32. The van der Waals surface area contributed by atoms with Gasteiger partial charge < -0.3 is 15.7 Å². The predicted molar refractivity (Wildman–Crippen MR) is 52.3 cm³/mol. The molecule has 2 atom stereocenters. The Balaban J connectivity index is 3.81. The van der Waals surface area contributed by atoms with Gasteiger partial charge in [-0.1, -0.05) is 6.92 Å². The van der Waals surface area contributed by atoms with Crippen LogP contribution in [0, 0.1) is 0 Å². The molecule has 0 amide bonds. The highest BCUT2D eigenvalue weighted by Gasteiger charge is 2.26. The van der Waals surface area contributed by atoms with Crippen molar-refractivity contribution in [3.05, 3.63) is 0 Å². The van der Waals surface area contributed by atoms with Gasteiger partial charge in [-0.3, -0.25) is 0 Å². The van der Waals surface area contributed by atoms with Gasteiger partial charge in [0.25, 0.3) is 0 Å². The van der Waals surface area contributed by atoms with Crippen LogP contribution in [0.3, 0.4) is 0 Å². The topological polar surface area (TPSA) is 44.3 Å². The predicted octanol–water partition coefficient (Wildman–Crippen LogP) is 0.345.